The molecule has 102 valence electrons. The monoisotopic (exact) mass is 278 g/mol. The van der Waals surface area contributed by atoms with E-state index in [1.54, 1.807) is 25.6 Å². The first kappa shape index (κ1) is 13.8. The average molecular weight is 278 g/mol. The number of aromatic nitrogens is 1. The molecule has 0 saturated heterocycles. The summed E-state index contributed by atoms with van der Waals surface area (Å²) in [6.45, 7) is 3.96. The van der Waals surface area contributed by atoms with E-state index in [9.17, 15) is 0 Å². The topological polar surface area (TPSA) is 57.4 Å². The van der Waals surface area contributed by atoms with Crippen LogP contribution in [0.1, 0.15) is 22.9 Å². The molecule has 1 heterocycles. The molecule has 0 fully saturated rings. The van der Waals surface area contributed by atoms with E-state index in [1.165, 1.54) is 0 Å². The maximum absolute atomic E-state index is 6.01. The van der Waals surface area contributed by atoms with E-state index in [2.05, 4.69) is 4.98 Å². The van der Waals surface area contributed by atoms with Gasteiger partial charge in [-0.05, 0) is 32.0 Å². The molecule has 1 atom stereocenters. The van der Waals surface area contributed by atoms with Crippen molar-refractivity contribution >= 4 is 11.3 Å². The van der Waals surface area contributed by atoms with Crippen molar-refractivity contribution in [3.05, 3.63) is 28.1 Å². The molecule has 0 aliphatic carbocycles. The van der Waals surface area contributed by atoms with Gasteiger partial charge < -0.3 is 15.2 Å². The van der Waals surface area contributed by atoms with Crippen LogP contribution in [0.5, 0.6) is 11.5 Å². The first-order valence-corrected chi connectivity index (χ1v) is 6.83. The molecule has 5 heteroatoms. The minimum absolute atomic E-state index is 0.0331. The molecule has 19 heavy (non-hydrogen) atoms. The molecule has 0 radical (unpaired) electrons. The molecule has 0 amide bonds. The van der Waals surface area contributed by atoms with Gasteiger partial charge in [-0.2, -0.15) is 0 Å². The Morgan fingerprint density at radius 3 is 2.47 bits per heavy atom. The summed E-state index contributed by atoms with van der Waals surface area (Å²) < 4.78 is 10.6. The fourth-order valence-corrected chi connectivity index (χ4v) is 2.84. The molecule has 1 aromatic carbocycles. The molecule has 2 N–H and O–H groups in total. The Labute approximate surface area is 117 Å². The number of rotatable bonds is 4. The zero-order valence-corrected chi connectivity index (χ0v) is 12.4. The minimum Gasteiger partial charge on any atom is -0.493 e. The predicted molar refractivity (Wildman–Crippen MR) is 78.0 cm³/mol. The smallest absolute Gasteiger partial charge is 0.161 e. The molecular weight excluding hydrogens is 260 g/mol. The number of ether oxygens (including phenoxy) is 2. The van der Waals surface area contributed by atoms with Crippen LogP contribution in [0.3, 0.4) is 0 Å². The van der Waals surface area contributed by atoms with Gasteiger partial charge in [-0.1, -0.05) is 0 Å². The summed E-state index contributed by atoms with van der Waals surface area (Å²) in [7, 11) is 3.25. The molecule has 0 bridgehead atoms. The number of methoxy groups -OCH3 is 2. The van der Waals surface area contributed by atoms with E-state index in [0.717, 1.165) is 21.1 Å². The van der Waals surface area contributed by atoms with Crippen LogP contribution < -0.4 is 15.2 Å². The third-order valence-corrected chi connectivity index (χ3v) is 4.00. The van der Waals surface area contributed by atoms with E-state index in [1.807, 2.05) is 32.0 Å². The zero-order chi connectivity index (χ0) is 14.0. The van der Waals surface area contributed by atoms with Crippen LogP contribution in [0.4, 0.5) is 0 Å². The molecule has 4 nitrogen and oxygen atoms in total. The van der Waals surface area contributed by atoms with Crippen LogP contribution in [0, 0.1) is 6.92 Å². The van der Waals surface area contributed by atoms with E-state index >= 15 is 0 Å². The second-order valence-corrected chi connectivity index (χ2v) is 5.54. The summed E-state index contributed by atoms with van der Waals surface area (Å²) in [5, 5.41) is 1.01. The third kappa shape index (κ3) is 2.72. The summed E-state index contributed by atoms with van der Waals surface area (Å²) >= 11 is 1.63. The van der Waals surface area contributed by atoms with E-state index in [-0.39, 0.29) is 6.04 Å². The standard InChI is InChI=1S/C14H18N2O2S/c1-8(15)14-13(16-9(2)19-14)10-5-6-11(17-3)12(7-10)18-4/h5-8H,15H2,1-4H3. The molecule has 0 saturated carbocycles. The van der Waals surface area contributed by atoms with Gasteiger partial charge in [0.05, 0.1) is 24.9 Å². The average Bonchev–Trinajstić information content (AvgIpc) is 2.80. The molecule has 1 aromatic heterocycles. The van der Waals surface area contributed by atoms with Gasteiger partial charge in [0.1, 0.15) is 0 Å². The van der Waals surface area contributed by atoms with Crippen LogP contribution >= 0.6 is 11.3 Å². The van der Waals surface area contributed by atoms with Crippen molar-refractivity contribution in [2.24, 2.45) is 5.73 Å². The van der Waals surface area contributed by atoms with Crippen LogP contribution in [-0.4, -0.2) is 19.2 Å². The second-order valence-electron chi connectivity index (χ2n) is 4.30. The van der Waals surface area contributed by atoms with Gasteiger partial charge in [-0.25, -0.2) is 4.98 Å². The first-order valence-electron chi connectivity index (χ1n) is 6.02. The molecule has 0 aliphatic heterocycles. The molecular formula is C14H18N2O2S. The van der Waals surface area contributed by atoms with E-state index in [4.69, 9.17) is 15.2 Å². The van der Waals surface area contributed by atoms with E-state index in [0.29, 0.717) is 11.5 Å². The highest BCUT2D eigenvalue weighted by molar-refractivity contribution is 7.12. The van der Waals surface area contributed by atoms with Gasteiger partial charge in [-0.15, -0.1) is 11.3 Å². The van der Waals surface area contributed by atoms with Gasteiger partial charge in [0, 0.05) is 16.5 Å². The molecule has 2 rings (SSSR count). The van der Waals surface area contributed by atoms with Gasteiger partial charge in [0.15, 0.2) is 11.5 Å². The van der Waals surface area contributed by atoms with Crippen molar-refractivity contribution in [1.29, 1.82) is 0 Å². The molecule has 1 unspecified atom stereocenters. The highest BCUT2D eigenvalue weighted by Gasteiger charge is 2.16. The molecule has 0 spiro atoms. The van der Waals surface area contributed by atoms with Crippen molar-refractivity contribution in [3.8, 4) is 22.8 Å². The lowest BCUT2D eigenvalue weighted by atomic mass is 10.1. The lowest BCUT2D eigenvalue weighted by molar-refractivity contribution is 0.355. The van der Waals surface area contributed by atoms with Crippen molar-refractivity contribution in [2.45, 2.75) is 19.9 Å². The van der Waals surface area contributed by atoms with Gasteiger partial charge in [0.25, 0.3) is 0 Å². The maximum atomic E-state index is 6.01. The number of hydrogen-bond acceptors (Lipinski definition) is 5. The van der Waals surface area contributed by atoms with Gasteiger partial charge >= 0.3 is 0 Å². The Kier molecular flexibility index (Phi) is 4.07. The largest absolute Gasteiger partial charge is 0.493 e. The fraction of sp³-hybridized carbons (Fsp3) is 0.357. The number of aryl methyl sites for hydroxylation is 1. The highest BCUT2D eigenvalue weighted by Crippen LogP contribution is 2.36. The highest BCUT2D eigenvalue weighted by atomic mass is 32.1. The quantitative estimate of drug-likeness (QED) is 0.933. The Hall–Kier alpha value is -1.59. The zero-order valence-electron chi connectivity index (χ0n) is 11.6. The number of benzene rings is 1. The van der Waals surface area contributed by atoms with Crippen molar-refractivity contribution in [2.75, 3.05) is 14.2 Å². The third-order valence-electron chi connectivity index (χ3n) is 2.83. The Morgan fingerprint density at radius 1 is 1.21 bits per heavy atom. The maximum Gasteiger partial charge on any atom is 0.161 e. The Bertz CT molecular complexity index is 579. The normalized spacial score (nSPS) is 12.3. The van der Waals surface area contributed by atoms with Crippen LogP contribution in [0.2, 0.25) is 0 Å². The number of nitrogens with two attached hydrogens (primary N) is 1. The summed E-state index contributed by atoms with van der Waals surface area (Å²) in [4.78, 5) is 5.66. The van der Waals surface area contributed by atoms with Crippen LogP contribution in [0.25, 0.3) is 11.3 Å². The molecule has 0 aliphatic rings. The lowest BCUT2D eigenvalue weighted by Crippen LogP contribution is -2.04. The predicted octanol–water partition coefficient (Wildman–Crippen LogP) is 3.16. The van der Waals surface area contributed by atoms with Crippen molar-refractivity contribution < 1.29 is 9.47 Å². The Balaban J connectivity index is 2.53. The Morgan fingerprint density at radius 2 is 1.89 bits per heavy atom. The number of thiazole rings is 1. The summed E-state index contributed by atoms with van der Waals surface area (Å²) in [5.74, 6) is 1.40. The van der Waals surface area contributed by atoms with Gasteiger partial charge in [-0.3, -0.25) is 0 Å². The lowest BCUT2D eigenvalue weighted by Gasteiger charge is -2.10. The van der Waals surface area contributed by atoms with Crippen molar-refractivity contribution in [1.82, 2.24) is 4.98 Å². The molecule has 2 aromatic rings. The summed E-state index contributed by atoms with van der Waals surface area (Å²) in [6, 6.07) is 5.75. The fourth-order valence-electron chi connectivity index (χ4n) is 1.94. The van der Waals surface area contributed by atoms with E-state index < -0.39 is 0 Å². The number of hydrogen-bond donors (Lipinski definition) is 1. The van der Waals surface area contributed by atoms with Crippen LogP contribution in [-0.2, 0) is 0 Å². The van der Waals surface area contributed by atoms with Crippen LogP contribution in [0.15, 0.2) is 18.2 Å². The second kappa shape index (κ2) is 5.59. The summed E-state index contributed by atoms with van der Waals surface area (Å²) in [6.07, 6.45) is 0. The van der Waals surface area contributed by atoms with Gasteiger partial charge in [0.2, 0.25) is 0 Å². The number of nitrogens with zero attached hydrogens (tertiary/aromatic N) is 1. The van der Waals surface area contributed by atoms with Crippen molar-refractivity contribution in [3.63, 3.8) is 0 Å². The minimum atomic E-state index is -0.0331. The SMILES string of the molecule is COc1ccc(-c2nc(C)sc2C(C)N)cc1OC. The first-order chi connectivity index (χ1) is 9.06. The summed E-state index contributed by atoms with van der Waals surface area (Å²) in [5.41, 5.74) is 7.93.